The molecule has 0 atom stereocenters. The van der Waals surface area contributed by atoms with Crippen molar-refractivity contribution in [2.24, 2.45) is 0 Å². The van der Waals surface area contributed by atoms with Gasteiger partial charge in [0.15, 0.2) is 0 Å². The van der Waals surface area contributed by atoms with E-state index < -0.39 is 0 Å². The minimum Gasteiger partial charge on any atom is -0.379 e. The van der Waals surface area contributed by atoms with Gasteiger partial charge in [-0.15, -0.1) is 0 Å². The monoisotopic (exact) mass is 284 g/mol. The summed E-state index contributed by atoms with van der Waals surface area (Å²) in [6.07, 6.45) is 2.29. The molecule has 0 amide bonds. The van der Waals surface area contributed by atoms with Crippen molar-refractivity contribution in [2.75, 3.05) is 39.6 Å². The lowest BCUT2D eigenvalue weighted by Gasteiger charge is -2.07. The Bertz CT molecular complexity index is 353. The normalized spacial score (nSPS) is 11.2. The number of hydrogen-bond donors (Lipinski definition) is 0. The van der Waals surface area contributed by atoms with Crippen molar-refractivity contribution in [1.29, 1.82) is 0 Å². The number of hydrogen-bond acceptors (Lipinski definition) is 4. The molecule has 0 unspecified atom stereocenters. The van der Waals surface area contributed by atoms with Crippen molar-refractivity contribution < 1.29 is 14.2 Å². The molecule has 5 nitrogen and oxygen atoms in total. The highest BCUT2D eigenvalue weighted by atomic mass is 16.5. The lowest BCUT2D eigenvalue weighted by molar-refractivity contribution is 0.0123. The Morgan fingerprint density at radius 2 is 1.55 bits per heavy atom. The summed E-state index contributed by atoms with van der Waals surface area (Å²) >= 11 is 0. The third-order valence-corrected chi connectivity index (χ3v) is 2.94. The van der Waals surface area contributed by atoms with E-state index in [0.717, 1.165) is 25.3 Å². The summed E-state index contributed by atoms with van der Waals surface area (Å²) in [5, 5.41) is 4.38. The molecular weight excluding hydrogens is 256 g/mol. The molecule has 1 rings (SSSR count). The van der Waals surface area contributed by atoms with Gasteiger partial charge < -0.3 is 14.2 Å². The van der Waals surface area contributed by atoms with Crippen molar-refractivity contribution in [3.05, 3.63) is 17.5 Å². The fraction of sp³-hybridized carbons (Fsp3) is 0.800. The van der Waals surface area contributed by atoms with Crippen LogP contribution in [0, 0.1) is 13.8 Å². The molecule has 0 saturated heterocycles. The van der Waals surface area contributed by atoms with Gasteiger partial charge in [0.05, 0.1) is 45.3 Å². The first-order valence-corrected chi connectivity index (χ1v) is 7.48. The maximum Gasteiger partial charge on any atom is 0.0701 e. The van der Waals surface area contributed by atoms with Crippen LogP contribution in [0.25, 0.3) is 0 Å². The van der Waals surface area contributed by atoms with E-state index in [4.69, 9.17) is 14.2 Å². The zero-order valence-corrected chi connectivity index (χ0v) is 13.1. The summed E-state index contributed by atoms with van der Waals surface area (Å²) in [4.78, 5) is 0. The van der Waals surface area contributed by atoms with Crippen LogP contribution in [0.1, 0.15) is 31.2 Å². The van der Waals surface area contributed by atoms with Gasteiger partial charge in [-0.2, -0.15) is 5.10 Å². The second-order valence-electron chi connectivity index (χ2n) is 4.84. The molecule has 0 aliphatic heterocycles. The van der Waals surface area contributed by atoms with Gasteiger partial charge in [-0.25, -0.2) is 0 Å². The molecule has 0 bridgehead atoms. The van der Waals surface area contributed by atoms with Crippen LogP contribution in [0.4, 0.5) is 0 Å². The van der Waals surface area contributed by atoms with Crippen LogP contribution in [-0.2, 0) is 20.8 Å². The number of nitrogens with zero attached hydrogens (tertiary/aromatic N) is 2. The summed E-state index contributed by atoms with van der Waals surface area (Å²) in [6, 6.07) is 2.07. The van der Waals surface area contributed by atoms with Crippen LogP contribution >= 0.6 is 0 Å². The number of unbranched alkanes of at least 4 members (excludes halogenated alkanes) is 1. The average molecular weight is 284 g/mol. The Hall–Kier alpha value is -0.910. The maximum absolute atomic E-state index is 5.52. The van der Waals surface area contributed by atoms with Gasteiger partial charge in [0.2, 0.25) is 0 Å². The third-order valence-electron chi connectivity index (χ3n) is 2.94. The number of aromatic nitrogens is 2. The highest BCUT2D eigenvalue weighted by Gasteiger charge is 2.00. The molecule has 0 spiro atoms. The number of rotatable bonds is 12. The van der Waals surface area contributed by atoms with Gasteiger partial charge >= 0.3 is 0 Å². The number of ether oxygens (including phenoxy) is 3. The second-order valence-corrected chi connectivity index (χ2v) is 4.84. The van der Waals surface area contributed by atoms with Gasteiger partial charge in [0.1, 0.15) is 0 Å². The van der Waals surface area contributed by atoms with Gasteiger partial charge in [-0.05, 0) is 26.3 Å². The fourth-order valence-corrected chi connectivity index (χ4v) is 1.84. The predicted octanol–water partition coefficient (Wildman–Crippen LogP) is 2.35. The van der Waals surface area contributed by atoms with Gasteiger partial charge in [-0.1, -0.05) is 13.3 Å². The molecule has 1 aromatic heterocycles. The van der Waals surface area contributed by atoms with E-state index >= 15 is 0 Å². The fourth-order valence-electron chi connectivity index (χ4n) is 1.84. The Kier molecular flexibility index (Phi) is 9.28. The molecule has 0 aliphatic carbocycles. The summed E-state index contributed by atoms with van der Waals surface area (Å²) < 4.78 is 18.3. The zero-order valence-electron chi connectivity index (χ0n) is 13.1. The standard InChI is InChI=1S/C15H28N2O3/c1-4-5-7-18-9-11-20-12-10-19-8-6-17-15(3)13-14(2)16-17/h13H,4-12H2,1-3H3. The maximum atomic E-state index is 5.52. The molecule has 0 N–H and O–H groups in total. The van der Waals surface area contributed by atoms with E-state index in [-0.39, 0.29) is 0 Å². The Labute approximate surface area is 122 Å². The smallest absolute Gasteiger partial charge is 0.0701 e. The molecule has 1 aromatic rings. The molecule has 1 heterocycles. The summed E-state index contributed by atoms with van der Waals surface area (Å²) in [5.41, 5.74) is 2.22. The van der Waals surface area contributed by atoms with Crippen molar-refractivity contribution >= 4 is 0 Å². The van der Waals surface area contributed by atoms with Gasteiger partial charge in [0, 0.05) is 12.3 Å². The van der Waals surface area contributed by atoms with Crippen molar-refractivity contribution in [3.8, 4) is 0 Å². The summed E-state index contributed by atoms with van der Waals surface area (Å²) in [6.45, 7) is 11.1. The van der Waals surface area contributed by atoms with E-state index in [1.165, 1.54) is 12.1 Å². The Balaban J connectivity index is 1.86. The molecule has 0 aromatic carbocycles. The topological polar surface area (TPSA) is 45.5 Å². The number of aryl methyl sites for hydroxylation is 2. The van der Waals surface area contributed by atoms with Crippen LogP contribution < -0.4 is 0 Å². The van der Waals surface area contributed by atoms with Crippen LogP contribution in [0.2, 0.25) is 0 Å². The summed E-state index contributed by atoms with van der Waals surface area (Å²) in [7, 11) is 0. The predicted molar refractivity (Wildman–Crippen MR) is 79.1 cm³/mol. The van der Waals surface area contributed by atoms with Crippen molar-refractivity contribution in [1.82, 2.24) is 9.78 Å². The first-order chi connectivity index (χ1) is 9.74. The lowest BCUT2D eigenvalue weighted by atomic mass is 10.4. The second kappa shape index (κ2) is 10.8. The molecule has 0 aliphatic rings. The minimum absolute atomic E-state index is 0.619. The zero-order chi connectivity index (χ0) is 14.6. The lowest BCUT2D eigenvalue weighted by Crippen LogP contribution is -2.13. The summed E-state index contributed by atoms with van der Waals surface area (Å²) in [5.74, 6) is 0. The van der Waals surface area contributed by atoms with E-state index in [2.05, 4.69) is 25.0 Å². The van der Waals surface area contributed by atoms with Gasteiger partial charge in [-0.3, -0.25) is 4.68 Å². The third kappa shape index (κ3) is 7.62. The SMILES string of the molecule is CCCCOCCOCCOCCn1nc(C)cc1C. The average Bonchev–Trinajstić information content (AvgIpc) is 2.74. The van der Waals surface area contributed by atoms with Crippen LogP contribution in [0.3, 0.4) is 0 Å². The molecule has 116 valence electrons. The van der Waals surface area contributed by atoms with E-state index in [1.54, 1.807) is 0 Å². The molecule has 0 radical (unpaired) electrons. The Morgan fingerprint density at radius 1 is 0.950 bits per heavy atom. The minimum atomic E-state index is 0.619. The highest BCUT2D eigenvalue weighted by Crippen LogP contribution is 2.01. The van der Waals surface area contributed by atoms with Crippen molar-refractivity contribution in [3.63, 3.8) is 0 Å². The molecule has 5 heteroatoms. The molecular formula is C15H28N2O3. The molecule has 0 saturated carbocycles. The first-order valence-electron chi connectivity index (χ1n) is 7.48. The molecule has 20 heavy (non-hydrogen) atoms. The van der Waals surface area contributed by atoms with Gasteiger partial charge in [0.25, 0.3) is 0 Å². The van der Waals surface area contributed by atoms with Crippen molar-refractivity contribution in [2.45, 2.75) is 40.2 Å². The van der Waals surface area contributed by atoms with Crippen LogP contribution in [-0.4, -0.2) is 49.4 Å². The van der Waals surface area contributed by atoms with E-state index in [0.29, 0.717) is 33.0 Å². The van der Waals surface area contributed by atoms with E-state index in [9.17, 15) is 0 Å². The van der Waals surface area contributed by atoms with E-state index in [1.807, 2.05) is 11.6 Å². The van der Waals surface area contributed by atoms with Crippen LogP contribution in [0.5, 0.6) is 0 Å². The Morgan fingerprint density at radius 3 is 2.10 bits per heavy atom. The first kappa shape index (κ1) is 17.1. The quantitative estimate of drug-likeness (QED) is 0.553. The largest absolute Gasteiger partial charge is 0.379 e. The van der Waals surface area contributed by atoms with Crippen LogP contribution in [0.15, 0.2) is 6.07 Å². The highest BCUT2D eigenvalue weighted by molar-refractivity contribution is 5.06. The molecule has 0 fully saturated rings.